The van der Waals surface area contributed by atoms with Crippen LogP contribution in [0.1, 0.15) is 12.0 Å². The van der Waals surface area contributed by atoms with Crippen LogP contribution >= 0.6 is 35.6 Å². The van der Waals surface area contributed by atoms with Crippen LogP contribution in [0.4, 0.5) is 10.2 Å². The lowest BCUT2D eigenvalue weighted by Gasteiger charge is -2.20. The third-order valence-electron chi connectivity index (χ3n) is 4.26. The lowest BCUT2D eigenvalue weighted by Crippen LogP contribution is -2.44. The highest BCUT2D eigenvalue weighted by Crippen LogP contribution is 2.25. The van der Waals surface area contributed by atoms with Gasteiger partial charge in [-0.1, -0.05) is 17.7 Å². The summed E-state index contributed by atoms with van der Waals surface area (Å²) in [6, 6.07) is 8.16. The van der Waals surface area contributed by atoms with Gasteiger partial charge in [-0.2, -0.15) is 0 Å². The summed E-state index contributed by atoms with van der Waals surface area (Å²) in [5.41, 5.74) is 0.719. The summed E-state index contributed by atoms with van der Waals surface area (Å²) >= 11 is 6.22. The van der Waals surface area contributed by atoms with Gasteiger partial charge in [0.1, 0.15) is 5.82 Å². The minimum absolute atomic E-state index is 0. The molecule has 1 aromatic heterocycles. The Bertz CT molecular complexity index is 807. The van der Waals surface area contributed by atoms with Gasteiger partial charge in [0.05, 0.1) is 5.02 Å². The van der Waals surface area contributed by atoms with Crippen molar-refractivity contribution in [2.24, 2.45) is 4.99 Å². The fourth-order valence-corrected chi connectivity index (χ4v) is 3.16. The van der Waals surface area contributed by atoms with Crippen LogP contribution in [0, 0.1) is 5.82 Å². The Balaban J connectivity index is 0.00000261. The Morgan fingerprint density at radius 2 is 2.26 bits per heavy atom. The van der Waals surface area contributed by atoms with E-state index < -0.39 is 5.82 Å². The van der Waals surface area contributed by atoms with Crippen molar-refractivity contribution in [1.82, 2.24) is 15.6 Å². The molecule has 6 nitrogen and oxygen atoms in total. The minimum Gasteiger partial charge on any atom is -0.505 e. The third-order valence-corrected chi connectivity index (χ3v) is 4.56. The van der Waals surface area contributed by atoms with E-state index in [0.717, 1.165) is 30.9 Å². The van der Waals surface area contributed by atoms with Gasteiger partial charge in [-0.3, -0.25) is 4.99 Å². The second-order valence-corrected chi connectivity index (χ2v) is 6.50. The van der Waals surface area contributed by atoms with E-state index in [9.17, 15) is 9.50 Å². The fraction of sp³-hybridized carbons (Fsp3) is 0.333. The van der Waals surface area contributed by atoms with Crippen molar-refractivity contribution >= 4 is 47.4 Å². The number of anilines is 1. The topological polar surface area (TPSA) is 72.8 Å². The minimum atomic E-state index is -0.633. The van der Waals surface area contributed by atoms with Gasteiger partial charge in [0, 0.05) is 38.9 Å². The van der Waals surface area contributed by atoms with Crippen LogP contribution < -0.4 is 15.5 Å². The average Bonchev–Trinajstić information content (AvgIpc) is 3.10. The maximum atomic E-state index is 13.4. The van der Waals surface area contributed by atoms with Gasteiger partial charge in [0.25, 0.3) is 0 Å². The molecule has 0 saturated carbocycles. The predicted octanol–water partition coefficient (Wildman–Crippen LogP) is 3.14. The molecule has 0 radical (unpaired) electrons. The van der Waals surface area contributed by atoms with E-state index in [1.54, 1.807) is 19.3 Å². The molecular weight excluding hydrogens is 484 g/mol. The zero-order chi connectivity index (χ0) is 18.5. The van der Waals surface area contributed by atoms with E-state index in [0.29, 0.717) is 17.5 Å². The maximum absolute atomic E-state index is 13.4. The number of pyridine rings is 1. The predicted molar refractivity (Wildman–Crippen MR) is 117 cm³/mol. The molecule has 0 bridgehead atoms. The molecule has 27 heavy (non-hydrogen) atoms. The number of phenolic OH excluding ortho intramolecular Hbond substituents is 1. The van der Waals surface area contributed by atoms with Gasteiger partial charge < -0.3 is 20.6 Å². The van der Waals surface area contributed by atoms with Gasteiger partial charge in [0.2, 0.25) is 0 Å². The quantitative estimate of drug-likeness (QED) is 0.338. The van der Waals surface area contributed by atoms with E-state index in [2.05, 4.69) is 25.5 Å². The summed E-state index contributed by atoms with van der Waals surface area (Å²) in [5.74, 6) is 0.444. The van der Waals surface area contributed by atoms with Crippen molar-refractivity contribution in [3.8, 4) is 5.75 Å². The highest BCUT2D eigenvalue weighted by Gasteiger charge is 2.25. The molecule has 0 aliphatic carbocycles. The summed E-state index contributed by atoms with van der Waals surface area (Å²) in [6.45, 7) is 2.03. The molecule has 0 amide bonds. The van der Waals surface area contributed by atoms with Crippen molar-refractivity contribution in [3.63, 3.8) is 0 Å². The molecule has 1 fully saturated rings. The second-order valence-electron chi connectivity index (χ2n) is 6.10. The first kappa shape index (κ1) is 21.5. The number of aromatic hydroxyl groups is 1. The Labute approximate surface area is 179 Å². The van der Waals surface area contributed by atoms with Crippen LogP contribution in [0.15, 0.2) is 41.5 Å². The highest BCUT2D eigenvalue weighted by atomic mass is 127. The first-order valence-electron chi connectivity index (χ1n) is 8.37. The molecule has 2 heterocycles. The van der Waals surface area contributed by atoms with Gasteiger partial charge in [-0.25, -0.2) is 9.37 Å². The third kappa shape index (κ3) is 5.58. The number of phenols is 1. The molecule has 1 saturated heterocycles. The molecule has 0 spiro atoms. The molecule has 9 heteroatoms. The number of hydrogen-bond donors (Lipinski definition) is 3. The van der Waals surface area contributed by atoms with E-state index in [-0.39, 0.29) is 35.8 Å². The molecule has 3 rings (SSSR count). The Hall–Kier alpha value is -1.81. The van der Waals surface area contributed by atoms with Crippen molar-refractivity contribution < 1.29 is 9.50 Å². The second kappa shape index (κ2) is 9.93. The van der Waals surface area contributed by atoms with E-state index in [1.807, 2.05) is 12.1 Å². The number of hydrogen-bond acceptors (Lipinski definition) is 4. The van der Waals surface area contributed by atoms with Crippen LogP contribution in [0.2, 0.25) is 5.02 Å². The molecule has 1 aromatic carbocycles. The molecular formula is C18H22ClFIN5O. The number of nitrogens with zero attached hydrogens (tertiary/aromatic N) is 3. The summed E-state index contributed by atoms with van der Waals surface area (Å²) in [7, 11) is 1.69. The lowest BCUT2D eigenvalue weighted by atomic mass is 10.2. The van der Waals surface area contributed by atoms with Crippen LogP contribution in [0.3, 0.4) is 0 Å². The number of aliphatic imine (C=N–C) groups is 1. The normalized spacial score (nSPS) is 16.8. The first-order chi connectivity index (χ1) is 12.6. The zero-order valence-corrected chi connectivity index (χ0v) is 17.9. The standard InChI is InChI=1S/C18H21ClFN5O.HI/c1-21-18(23-10-12-4-5-16(26)15(20)9-12)24-13-6-8-25(11-13)17-14(19)3-2-7-22-17;/h2-5,7,9,13,26H,6,8,10-11H2,1H3,(H2,21,23,24);1H. The number of aromatic nitrogens is 1. The van der Waals surface area contributed by atoms with Gasteiger partial charge in [-0.15, -0.1) is 24.0 Å². The molecule has 1 unspecified atom stereocenters. The summed E-state index contributed by atoms with van der Waals surface area (Å²) in [4.78, 5) is 10.7. The van der Waals surface area contributed by atoms with Gasteiger partial charge in [0.15, 0.2) is 17.5 Å². The number of rotatable bonds is 4. The molecule has 1 aliphatic rings. The molecule has 3 N–H and O–H groups in total. The van der Waals surface area contributed by atoms with Crippen molar-refractivity contribution in [2.45, 2.75) is 19.0 Å². The van der Waals surface area contributed by atoms with Gasteiger partial charge in [-0.05, 0) is 36.2 Å². The first-order valence-corrected chi connectivity index (χ1v) is 8.74. The number of nitrogens with one attached hydrogen (secondary N) is 2. The monoisotopic (exact) mass is 505 g/mol. The number of guanidine groups is 1. The van der Waals surface area contributed by atoms with Crippen LogP contribution in [-0.4, -0.2) is 42.2 Å². The summed E-state index contributed by atoms with van der Waals surface area (Å²) < 4.78 is 13.4. The molecule has 2 aromatic rings. The van der Waals surface area contributed by atoms with Gasteiger partial charge >= 0.3 is 0 Å². The summed E-state index contributed by atoms with van der Waals surface area (Å²) in [5, 5.41) is 16.4. The maximum Gasteiger partial charge on any atom is 0.191 e. The van der Waals surface area contributed by atoms with Crippen LogP contribution in [-0.2, 0) is 6.54 Å². The molecule has 1 atom stereocenters. The van der Waals surface area contributed by atoms with Crippen molar-refractivity contribution in [2.75, 3.05) is 25.0 Å². The molecule has 1 aliphatic heterocycles. The fourth-order valence-electron chi connectivity index (χ4n) is 2.91. The average molecular weight is 506 g/mol. The highest BCUT2D eigenvalue weighted by molar-refractivity contribution is 14.0. The smallest absolute Gasteiger partial charge is 0.191 e. The van der Waals surface area contributed by atoms with E-state index in [4.69, 9.17) is 11.6 Å². The SMILES string of the molecule is CN=C(NCc1ccc(O)c(F)c1)NC1CCN(c2ncccc2Cl)C1.I. The lowest BCUT2D eigenvalue weighted by molar-refractivity contribution is 0.431. The number of benzene rings is 1. The van der Waals surface area contributed by atoms with Crippen LogP contribution in [0.25, 0.3) is 0 Å². The van der Waals surface area contributed by atoms with Crippen molar-refractivity contribution in [1.29, 1.82) is 0 Å². The van der Waals surface area contributed by atoms with Crippen molar-refractivity contribution in [3.05, 3.63) is 52.9 Å². The molecule has 146 valence electrons. The Morgan fingerprint density at radius 3 is 2.96 bits per heavy atom. The zero-order valence-electron chi connectivity index (χ0n) is 14.8. The van der Waals surface area contributed by atoms with E-state index >= 15 is 0 Å². The Morgan fingerprint density at radius 1 is 1.44 bits per heavy atom. The largest absolute Gasteiger partial charge is 0.505 e. The Kier molecular flexibility index (Phi) is 7.91. The van der Waals surface area contributed by atoms with Crippen LogP contribution in [0.5, 0.6) is 5.75 Å². The van der Waals surface area contributed by atoms with E-state index in [1.165, 1.54) is 12.1 Å². The number of halogens is 3. The summed E-state index contributed by atoms with van der Waals surface area (Å²) in [6.07, 6.45) is 2.67.